The fourth-order valence-corrected chi connectivity index (χ4v) is 1.00. The molecule has 0 aliphatic rings. The zero-order chi connectivity index (χ0) is 8.10. The molecule has 0 radical (unpaired) electrons. The van der Waals surface area contributed by atoms with Crippen molar-refractivity contribution in [2.24, 2.45) is 0 Å². The van der Waals surface area contributed by atoms with E-state index in [9.17, 15) is 0 Å². The molecule has 56 valence electrons. The second-order valence-corrected chi connectivity index (χ2v) is 2.31. The van der Waals surface area contributed by atoms with E-state index in [0.29, 0.717) is 5.57 Å². The minimum atomic E-state index is -0.0481. The van der Waals surface area contributed by atoms with E-state index in [1.165, 1.54) is 0 Å². The zero-order valence-corrected chi connectivity index (χ0v) is 6.77. The average Bonchev–Trinajstić information content (AvgIpc) is 2.09. The lowest BCUT2D eigenvalue weighted by molar-refractivity contribution is 0.351. The summed E-state index contributed by atoms with van der Waals surface area (Å²) in [7, 11) is 0. The van der Waals surface area contributed by atoms with Crippen molar-refractivity contribution in [1.82, 2.24) is 0 Å². The molecule has 0 spiro atoms. The van der Waals surface area contributed by atoms with Gasteiger partial charge in [-0.05, 0) is 22.8 Å². The van der Waals surface area contributed by atoms with Crippen molar-refractivity contribution >= 4 is 22.8 Å². The first-order valence-corrected chi connectivity index (χ1v) is 3.69. The topological polar surface area (TPSA) is 20.2 Å². The van der Waals surface area contributed by atoms with Crippen LogP contribution in [0.4, 0.5) is 0 Å². The molecule has 1 nitrogen and oxygen atoms in total. The Bertz CT molecular complexity index is 273. The van der Waals surface area contributed by atoms with Crippen molar-refractivity contribution < 1.29 is 5.11 Å². The average molecular weight is 164 g/mol. The van der Waals surface area contributed by atoms with Crippen LogP contribution in [0.25, 0.3) is 5.57 Å². The van der Waals surface area contributed by atoms with Crippen LogP contribution in [0.5, 0.6) is 0 Å². The van der Waals surface area contributed by atoms with Gasteiger partial charge in [0.1, 0.15) is 0 Å². The van der Waals surface area contributed by atoms with Crippen molar-refractivity contribution in [2.45, 2.75) is 0 Å². The Morgan fingerprint density at radius 3 is 2.45 bits per heavy atom. The van der Waals surface area contributed by atoms with Crippen LogP contribution in [-0.4, -0.2) is 16.7 Å². The van der Waals surface area contributed by atoms with Crippen LogP contribution in [0.1, 0.15) is 5.56 Å². The summed E-state index contributed by atoms with van der Waals surface area (Å²) >= 11 is 4.61. The van der Waals surface area contributed by atoms with E-state index >= 15 is 0 Å². The number of hydrogen-bond donors (Lipinski definition) is 1. The number of benzene rings is 1. The molecule has 0 fully saturated rings. The lowest BCUT2D eigenvalue weighted by Crippen LogP contribution is -1.89. The minimum Gasteiger partial charge on any atom is -0.391 e. The molecule has 0 unspecified atom stereocenters. The molecule has 0 aliphatic heterocycles. The highest BCUT2D eigenvalue weighted by Crippen LogP contribution is 2.08. The van der Waals surface area contributed by atoms with E-state index in [1.54, 1.807) is 0 Å². The lowest BCUT2D eigenvalue weighted by Gasteiger charge is -1.97. The minimum absolute atomic E-state index is 0.0481. The Hall–Kier alpha value is -0.950. The first-order valence-electron chi connectivity index (χ1n) is 3.28. The Kier molecular flexibility index (Phi) is 2.99. The third kappa shape index (κ3) is 1.99. The van der Waals surface area contributed by atoms with Gasteiger partial charge in [0.25, 0.3) is 0 Å². The maximum Gasteiger partial charge on any atom is 0.0768 e. The van der Waals surface area contributed by atoms with Crippen molar-refractivity contribution in [3.8, 4) is 0 Å². The van der Waals surface area contributed by atoms with E-state index in [1.807, 2.05) is 30.3 Å². The summed E-state index contributed by atoms with van der Waals surface area (Å²) < 4.78 is 0. The van der Waals surface area contributed by atoms with Crippen LogP contribution in [0.2, 0.25) is 0 Å². The number of aliphatic hydroxyl groups is 1. The SMILES string of the molecule is OCC(=C=S)c1ccccc1. The fourth-order valence-electron chi connectivity index (χ4n) is 0.822. The first kappa shape index (κ1) is 8.15. The molecule has 0 heterocycles. The summed E-state index contributed by atoms with van der Waals surface area (Å²) in [6.45, 7) is -0.0481. The van der Waals surface area contributed by atoms with E-state index < -0.39 is 0 Å². The Balaban J connectivity index is 3.02. The summed E-state index contributed by atoms with van der Waals surface area (Å²) in [6, 6.07) is 9.51. The molecule has 1 aromatic rings. The largest absolute Gasteiger partial charge is 0.391 e. The predicted octanol–water partition coefficient (Wildman–Crippen LogP) is 1.66. The Morgan fingerprint density at radius 1 is 1.36 bits per heavy atom. The van der Waals surface area contributed by atoms with E-state index in [2.05, 4.69) is 17.2 Å². The molecular weight excluding hydrogens is 156 g/mol. The molecule has 1 aromatic carbocycles. The van der Waals surface area contributed by atoms with E-state index in [-0.39, 0.29) is 6.61 Å². The summed E-state index contributed by atoms with van der Waals surface area (Å²) in [4.78, 5) is 0. The normalized spacial score (nSPS) is 8.82. The lowest BCUT2D eigenvalue weighted by atomic mass is 10.1. The monoisotopic (exact) mass is 164 g/mol. The molecule has 0 aromatic heterocycles. The highest BCUT2D eigenvalue weighted by atomic mass is 32.1. The van der Waals surface area contributed by atoms with E-state index in [4.69, 9.17) is 5.11 Å². The maximum absolute atomic E-state index is 8.81. The predicted molar refractivity (Wildman–Crippen MR) is 49.5 cm³/mol. The molecule has 0 aliphatic carbocycles. The van der Waals surface area contributed by atoms with Gasteiger partial charge >= 0.3 is 0 Å². The molecular formula is C9H8OS. The van der Waals surface area contributed by atoms with E-state index in [0.717, 1.165) is 5.56 Å². The summed E-state index contributed by atoms with van der Waals surface area (Å²) in [5.74, 6) is 0. The van der Waals surface area contributed by atoms with Crippen LogP contribution >= 0.6 is 12.2 Å². The second-order valence-electron chi connectivity index (χ2n) is 2.10. The van der Waals surface area contributed by atoms with Crippen LogP contribution < -0.4 is 0 Å². The fraction of sp³-hybridized carbons (Fsp3) is 0.111. The maximum atomic E-state index is 8.81. The quantitative estimate of drug-likeness (QED) is 0.671. The zero-order valence-electron chi connectivity index (χ0n) is 5.95. The summed E-state index contributed by atoms with van der Waals surface area (Å²) in [6.07, 6.45) is 0. The number of aliphatic hydroxyl groups excluding tert-OH is 1. The first-order chi connectivity index (χ1) is 5.38. The molecule has 0 bridgehead atoms. The van der Waals surface area contributed by atoms with Crippen molar-refractivity contribution in [1.29, 1.82) is 0 Å². The third-order valence-electron chi connectivity index (χ3n) is 1.40. The Labute approximate surface area is 71.0 Å². The number of hydrogen-bond acceptors (Lipinski definition) is 2. The van der Waals surface area contributed by atoms with Crippen LogP contribution in [0.3, 0.4) is 0 Å². The van der Waals surface area contributed by atoms with Gasteiger partial charge in [-0.2, -0.15) is 0 Å². The van der Waals surface area contributed by atoms with Crippen molar-refractivity contribution in [2.75, 3.05) is 6.61 Å². The van der Waals surface area contributed by atoms with Crippen molar-refractivity contribution in [3.05, 3.63) is 35.9 Å². The van der Waals surface area contributed by atoms with Gasteiger partial charge in [0.2, 0.25) is 0 Å². The summed E-state index contributed by atoms with van der Waals surface area (Å²) in [5.41, 5.74) is 1.60. The molecule has 0 saturated carbocycles. The van der Waals surface area contributed by atoms with Gasteiger partial charge in [-0.15, -0.1) is 0 Å². The van der Waals surface area contributed by atoms with Gasteiger partial charge < -0.3 is 5.11 Å². The van der Waals surface area contributed by atoms with Crippen LogP contribution in [-0.2, 0) is 0 Å². The standard InChI is InChI=1S/C9H8OS/c10-6-9(7-11)8-4-2-1-3-5-8/h1-5,10H,6H2. The number of rotatable bonds is 2. The molecule has 0 atom stereocenters. The molecule has 1 N–H and O–H groups in total. The van der Waals surface area contributed by atoms with Gasteiger partial charge in [-0.25, -0.2) is 0 Å². The smallest absolute Gasteiger partial charge is 0.0768 e. The Morgan fingerprint density at radius 2 is 2.00 bits per heavy atom. The highest BCUT2D eigenvalue weighted by Gasteiger charge is 1.95. The van der Waals surface area contributed by atoms with Crippen molar-refractivity contribution in [3.63, 3.8) is 0 Å². The molecule has 1 rings (SSSR count). The van der Waals surface area contributed by atoms with Gasteiger partial charge in [-0.3, -0.25) is 0 Å². The number of thiocarbonyl (C=S) groups is 1. The second kappa shape index (κ2) is 4.04. The molecule has 11 heavy (non-hydrogen) atoms. The highest BCUT2D eigenvalue weighted by molar-refractivity contribution is 7.78. The molecule has 0 saturated heterocycles. The van der Waals surface area contributed by atoms with Crippen LogP contribution in [0, 0.1) is 0 Å². The molecule has 2 heteroatoms. The van der Waals surface area contributed by atoms with Gasteiger partial charge in [0.15, 0.2) is 0 Å². The van der Waals surface area contributed by atoms with Crippen LogP contribution in [0.15, 0.2) is 30.3 Å². The van der Waals surface area contributed by atoms with Gasteiger partial charge in [0, 0.05) is 5.57 Å². The third-order valence-corrected chi connectivity index (χ3v) is 1.65. The summed E-state index contributed by atoms with van der Waals surface area (Å²) in [5, 5.41) is 11.3. The molecule has 0 amide bonds. The van der Waals surface area contributed by atoms with Gasteiger partial charge in [0.05, 0.1) is 6.61 Å². The van der Waals surface area contributed by atoms with Gasteiger partial charge in [-0.1, -0.05) is 30.3 Å².